The Morgan fingerprint density at radius 1 is 0.821 bits per heavy atom. The van der Waals surface area contributed by atoms with Gasteiger partial charge in [-0.3, -0.25) is 20.2 Å². The molecule has 0 heterocycles. The first-order valence-corrected chi connectivity index (χ1v) is 8.41. The van der Waals surface area contributed by atoms with E-state index in [1.165, 1.54) is 0 Å². The van der Waals surface area contributed by atoms with Gasteiger partial charge in [-0.25, -0.2) is 8.78 Å². The second-order valence-electron chi connectivity index (χ2n) is 5.77. The van der Waals surface area contributed by atoms with E-state index in [2.05, 4.69) is 0 Å². The van der Waals surface area contributed by atoms with E-state index in [4.69, 9.17) is 23.2 Å². The van der Waals surface area contributed by atoms with Crippen molar-refractivity contribution in [1.29, 1.82) is 0 Å². The summed E-state index contributed by atoms with van der Waals surface area (Å²) in [5.74, 6) is -1.99. The smallest absolute Gasteiger partial charge is 0.288 e. The van der Waals surface area contributed by atoms with E-state index in [9.17, 15) is 39.2 Å². The van der Waals surface area contributed by atoms with Gasteiger partial charge in [0.25, 0.3) is 11.4 Å². The molecular formula is C16H12Cl2F2N2O6. The zero-order chi connectivity index (χ0) is 21.2. The molecule has 0 aliphatic carbocycles. The molecule has 12 heteroatoms. The van der Waals surface area contributed by atoms with Crippen molar-refractivity contribution in [3.63, 3.8) is 0 Å². The molecule has 2 aromatic carbocycles. The first-order valence-electron chi connectivity index (χ1n) is 7.65. The van der Waals surface area contributed by atoms with Crippen LogP contribution >= 0.6 is 23.2 Å². The van der Waals surface area contributed by atoms with Gasteiger partial charge in [0, 0.05) is 23.3 Å². The summed E-state index contributed by atoms with van der Waals surface area (Å²) < 4.78 is 27.9. The number of nitro benzene ring substituents is 2. The fourth-order valence-corrected chi connectivity index (χ4v) is 2.96. The van der Waals surface area contributed by atoms with E-state index in [0.29, 0.717) is 12.1 Å². The van der Waals surface area contributed by atoms with E-state index in [1.807, 2.05) is 0 Å². The summed E-state index contributed by atoms with van der Waals surface area (Å²) in [6.07, 6.45) is -3.80. The number of nitro groups is 2. The zero-order valence-electron chi connectivity index (χ0n) is 13.8. The number of hydrogen-bond donors (Lipinski definition) is 2. The van der Waals surface area contributed by atoms with Gasteiger partial charge in [-0.2, -0.15) is 0 Å². The molecule has 0 fully saturated rings. The summed E-state index contributed by atoms with van der Waals surface area (Å²) in [7, 11) is 0. The molecule has 0 spiro atoms. The zero-order valence-corrected chi connectivity index (χ0v) is 15.3. The maximum absolute atomic E-state index is 14.0. The molecule has 8 nitrogen and oxygen atoms in total. The van der Waals surface area contributed by atoms with Crippen molar-refractivity contribution in [2.24, 2.45) is 0 Å². The fourth-order valence-electron chi connectivity index (χ4n) is 2.52. The number of hydrogen-bond acceptors (Lipinski definition) is 6. The Bertz CT molecular complexity index is 868. The number of benzene rings is 2. The maximum atomic E-state index is 14.0. The third-order valence-electron chi connectivity index (χ3n) is 3.96. The van der Waals surface area contributed by atoms with Crippen LogP contribution in [0.15, 0.2) is 24.3 Å². The Hall–Kier alpha value is -2.40. The van der Waals surface area contributed by atoms with Gasteiger partial charge in [-0.05, 0) is 25.0 Å². The number of nitrogens with zero attached hydrogens (tertiary/aromatic N) is 2. The van der Waals surface area contributed by atoms with Crippen LogP contribution in [0.25, 0.3) is 0 Å². The largest absolute Gasteiger partial charge is 0.388 e. The highest BCUT2D eigenvalue weighted by Gasteiger charge is 2.25. The lowest BCUT2D eigenvalue weighted by Crippen LogP contribution is -2.07. The SMILES string of the molecule is O=[N+]([O-])c1cc([C@@H](O)CC[C@H](O)c2cc([N+](=O)[O-])c(Cl)cc2F)c(F)cc1Cl. The lowest BCUT2D eigenvalue weighted by Gasteiger charge is -2.16. The Balaban J connectivity index is 2.20. The summed E-state index contributed by atoms with van der Waals surface area (Å²) in [5, 5.41) is 41.1. The minimum atomic E-state index is -1.57. The molecule has 2 aromatic rings. The van der Waals surface area contributed by atoms with Crippen molar-refractivity contribution in [1.82, 2.24) is 0 Å². The molecule has 2 rings (SSSR count). The highest BCUT2D eigenvalue weighted by Crippen LogP contribution is 2.35. The van der Waals surface area contributed by atoms with Crippen LogP contribution in [-0.4, -0.2) is 20.1 Å². The van der Waals surface area contributed by atoms with Crippen LogP contribution in [0.4, 0.5) is 20.2 Å². The van der Waals surface area contributed by atoms with Crippen LogP contribution in [-0.2, 0) is 0 Å². The van der Waals surface area contributed by atoms with Crippen molar-refractivity contribution in [3.05, 3.63) is 77.3 Å². The molecule has 0 unspecified atom stereocenters. The maximum Gasteiger partial charge on any atom is 0.288 e. The lowest BCUT2D eigenvalue weighted by atomic mass is 9.98. The van der Waals surface area contributed by atoms with Crippen LogP contribution in [0.1, 0.15) is 36.2 Å². The van der Waals surface area contributed by atoms with Gasteiger partial charge < -0.3 is 10.2 Å². The van der Waals surface area contributed by atoms with E-state index < -0.39 is 66.2 Å². The normalized spacial score (nSPS) is 13.2. The topological polar surface area (TPSA) is 127 Å². The summed E-state index contributed by atoms with van der Waals surface area (Å²) >= 11 is 11.1. The second kappa shape index (κ2) is 8.74. The molecule has 0 amide bonds. The second-order valence-corrected chi connectivity index (χ2v) is 6.59. The van der Waals surface area contributed by atoms with Gasteiger partial charge in [-0.1, -0.05) is 23.2 Å². The third-order valence-corrected chi connectivity index (χ3v) is 4.56. The summed E-state index contributed by atoms with van der Waals surface area (Å²) in [5.41, 5.74) is -2.08. The molecule has 0 aliphatic rings. The van der Waals surface area contributed by atoms with Crippen molar-refractivity contribution in [2.75, 3.05) is 0 Å². The average molecular weight is 437 g/mol. The van der Waals surface area contributed by atoms with Crippen LogP contribution < -0.4 is 0 Å². The van der Waals surface area contributed by atoms with Crippen LogP contribution in [0.3, 0.4) is 0 Å². The Labute approximate surface area is 166 Å². The molecule has 0 saturated heterocycles. The van der Waals surface area contributed by atoms with Crippen molar-refractivity contribution in [3.8, 4) is 0 Å². The van der Waals surface area contributed by atoms with Crippen molar-refractivity contribution >= 4 is 34.6 Å². The number of rotatable bonds is 7. The molecule has 2 atom stereocenters. The number of aliphatic hydroxyl groups excluding tert-OH is 2. The Morgan fingerprint density at radius 3 is 1.43 bits per heavy atom. The predicted molar refractivity (Wildman–Crippen MR) is 95.3 cm³/mol. The molecular weight excluding hydrogens is 425 g/mol. The monoisotopic (exact) mass is 436 g/mol. The van der Waals surface area contributed by atoms with Gasteiger partial charge in [-0.15, -0.1) is 0 Å². The number of halogens is 4. The van der Waals surface area contributed by atoms with E-state index in [-0.39, 0.29) is 12.8 Å². The predicted octanol–water partition coefficient (Wildman–Crippen LogP) is 4.64. The molecule has 28 heavy (non-hydrogen) atoms. The summed E-state index contributed by atoms with van der Waals surface area (Å²) in [4.78, 5) is 20.1. The van der Waals surface area contributed by atoms with Gasteiger partial charge >= 0.3 is 0 Å². The summed E-state index contributed by atoms with van der Waals surface area (Å²) in [6.45, 7) is 0. The first-order chi connectivity index (χ1) is 13.0. The Kier molecular flexibility index (Phi) is 6.83. The minimum Gasteiger partial charge on any atom is -0.388 e. The lowest BCUT2D eigenvalue weighted by molar-refractivity contribution is -0.385. The fraction of sp³-hybridized carbons (Fsp3) is 0.250. The van der Waals surface area contributed by atoms with Crippen LogP contribution in [0.2, 0.25) is 10.0 Å². The standard InChI is InChI=1S/C16H12Cl2F2N2O6/c17-9-5-11(19)7(3-13(9)21(25)26)15(23)1-2-16(24)8-4-14(22(27)28)10(18)6-12(8)20/h3-6,15-16,23-24H,1-2H2/t15-,16-/m0/s1. The summed E-state index contributed by atoms with van der Waals surface area (Å²) in [6, 6.07) is 2.89. The third kappa shape index (κ3) is 4.71. The average Bonchev–Trinajstić information content (AvgIpc) is 2.58. The molecule has 0 saturated carbocycles. The van der Waals surface area contributed by atoms with Crippen LogP contribution in [0.5, 0.6) is 0 Å². The van der Waals surface area contributed by atoms with E-state index in [0.717, 1.165) is 12.1 Å². The van der Waals surface area contributed by atoms with Crippen LogP contribution in [0, 0.1) is 31.9 Å². The molecule has 0 bridgehead atoms. The van der Waals surface area contributed by atoms with E-state index in [1.54, 1.807) is 0 Å². The molecule has 2 N–H and O–H groups in total. The van der Waals surface area contributed by atoms with Crippen molar-refractivity contribution in [2.45, 2.75) is 25.0 Å². The van der Waals surface area contributed by atoms with Gasteiger partial charge in [0.1, 0.15) is 21.7 Å². The molecule has 0 aliphatic heterocycles. The number of aliphatic hydroxyl groups is 2. The first kappa shape index (κ1) is 21.9. The highest BCUT2D eigenvalue weighted by atomic mass is 35.5. The molecule has 150 valence electrons. The molecule has 0 aromatic heterocycles. The molecule has 0 radical (unpaired) electrons. The quantitative estimate of drug-likeness (QED) is 0.480. The van der Waals surface area contributed by atoms with Gasteiger partial charge in [0.15, 0.2) is 0 Å². The van der Waals surface area contributed by atoms with Crippen molar-refractivity contribution < 1.29 is 28.8 Å². The Morgan fingerprint density at radius 2 is 1.14 bits per heavy atom. The highest BCUT2D eigenvalue weighted by molar-refractivity contribution is 6.33. The van der Waals surface area contributed by atoms with Gasteiger partial charge in [0.05, 0.1) is 22.1 Å². The minimum absolute atomic E-state index is 0.327. The van der Waals surface area contributed by atoms with E-state index >= 15 is 0 Å². The van der Waals surface area contributed by atoms with Gasteiger partial charge in [0.2, 0.25) is 0 Å².